The molecule has 0 bridgehead atoms. The molecule has 0 amide bonds. The van der Waals surface area contributed by atoms with Crippen molar-refractivity contribution in [1.82, 2.24) is 10.2 Å². The van der Waals surface area contributed by atoms with Crippen LogP contribution < -0.4 is 11.1 Å². The Morgan fingerprint density at radius 3 is 2.57 bits per heavy atom. The minimum atomic E-state index is 0.113. The van der Waals surface area contributed by atoms with Crippen LogP contribution in [0, 0.1) is 0 Å². The Kier molecular flexibility index (Phi) is 6.64. The first kappa shape index (κ1) is 16.4. The first-order chi connectivity index (χ1) is 10.3. The van der Waals surface area contributed by atoms with Gasteiger partial charge in [-0.25, -0.2) is 0 Å². The molecule has 0 spiro atoms. The van der Waals surface area contributed by atoms with Crippen molar-refractivity contribution in [2.75, 3.05) is 46.4 Å². The molecule has 0 aliphatic carbocycles. The molecule has 4 heteroatoms. The van der Waals surface area contributed by atoms with Crippen LogP contribution in [0.2, 0.25) is 0 Å². The number of hydrogen-bond donors (Lipinski definition) is 2. The summed E-state index contributed by atoms with van der Waals surface area (Å²) in [4.78, 5) is 2.55. The van der Waals surface area contributed by atoms with Gasteiger partial charge in [0.25, 0.3) is 0 Å². The average Bonchev–Trinajstić information content (AvgIpc) is 2.55. The second kappa shape index (κ2) is 8.49. The molecule has 0 aromatic heterocycles. The van der Waals surface area contributed by atoms with Crippen molar-refractivity contribution in [3.8, 4) is 0 Å². The van der Waals surface area contributed by atoms with Gasteiger partial charge >= 0.3 is 0 Å². The molecule has 3 N–H and O–H groups in total. The number of likely N-dealkylation sites (tertiary alicyclic amines) is 1. The minimum absolute atomic E-state index is 0.113. The van der Waals surface area contributed by atoms with Gasteiger partial charge in [-0.1, -0.05) is 30.3 Å². The Balaban J connectivity index is 1.73. The summed E-state index contributed by atoms with van der Waals surface area (Å²) in [7, 11) is 1.74. The maximum absolute atomic E-state index is 6.01. The number of ether oxygens (including phenoxy) is 1. The smallest absolute Gasteiger partial charge is 0.0587 e. The Bertz CT molecular complexity index is 388. The number of piperidine rings is 1. The SMILES string of the molecule is COCCNC1(CN)CCN(CCc2ccccc2)CC1. The van der Waals surface area contributed by atoms with Crippen LogP contribution in [0.25, 0.3) is 0 Å². The summed E-state index contributed by atoms with van der Waals surface area (Å²) in [5.74, 6) is 0. The summed E-state index contributed by atoms with van der Waals surface area (Å²) < 4.78 is 5.12. The molecule has 1 aliphatic heterocycles. The van der Waals surface area contributed by atoms with Crippen LogP contribution in [0.15, 0.2) is 30.3 Å². The first-order valence-corrected chi connectivity index (χ1v) is 7.98. The van der Waals surface area contributed by atoms with Crippen molar-refractivity contribution in [2.45, 2.75) is 24.8 Å². The number of nitrogens with two attached hydrogens (primary N) is 1. The molecule has 1 aliphatic rings. The monoisotopic (exact) mass is 291 g/mol. The van der Waals surface area contributed by atoms with Gasteiger partial charge in [0.2, 0.25) is 0 Å². The number of nitrogens with zero attached hydrogens (tertiary/aromatic N) is 1. The highest BCUT2D eigenvalue weighted by atomic mass is 16.5. The second-order valence-electron chi connectivity index (χ2n) is 5.98. The Labute approximate surface area is 128 Å². The molecule has 0 atom stereocenters. The Hall–Kier alpha value is -0.940. The molecule has 4 nitrogen and oxygen atoms in total. The van der Waals surface area contributed by atoms with Crippen LogP contribution in [-0.2, 0) is 11.2 Å². The molecule has 0 radical (unpaired) electrons. The standard InChI is InChI=1S/C17H29N3O/c1-21-14-10-19-17(15-18)8-12-20(13-9-17)11-7-16-5-3-2-4-6-16/h2-6,19H,7-15,18H2,1H3. The highest BCUT2D eigenvalue weighted by Gasteiger charge is 2.32. The van der Waals surface area contributed by atoms with Crippen LogP contribution >= 0.6 is 0 Å². The summed E-state index contributed by atoms with van der Waals surface area (Å²) >= 11 is 0. The predicted molar refractivity (Wildman–Crippen MR) is 87.5 cm³/mol. The van der Waals surface area contributed by atoms with E-state index in [0.717, 1.165) is 52.0 Å². The number of rotatable bonds is 8. The Morgan fingerprint density at radius 1 is 1.24 bits per heavy atom. The van der Waals surface area contributed by atoms with Crippen LogP contribution in [0.1, 0.15) is 18.4 Å². The van der Waals surface area contributed by atoms with Gasteiger partial charge in [0.15, 0.2) is 0 Å². The molecule has 1 aromatic rings. The lowest BCUT2D eigenvalue weighted by Crippen LogP contribution is -2.58. The minimum Gasteiger partial charge on any atom is -0.383 e. The molecule has 21 heavy (non-hydrogen) atoms. The van der Waals surface area contributed by atoms with Gasteiger partial charge in [-0.05, 0) is 37.9 Å². The van der Waals surface area contributed by atoms with E-state index in [4.69, 9.17) is 10.5 Å². The van der Waals surface area contributed by atoms with E-state index < -0.39 is 0 Å². The second-order valence-corrected chi connectivity index (χ2v) is 5.98. The third-order valence-electron chi connectivity index (χ3n) is 4.57. The molecule has 2 rings (SSSR count). The van der Waals surface area contributed by atoms with Gasteiger partial charge in [-0.3, -0.25) is 0 Å². The van der Waals surface area contributed by atoms with Crippen molar-refractivity contribution in [2.24, 2.45) is 5.73 Å². The fourth-order valence-corrected chi connectivity index (χ4v) is 3.01. The largest absolute Gasteiger partial charge is 0.383 e. The molecule has 1 heterocycles. The number of hydrogen-bond acceptors (Lipinski definition) is 4. The van der Waals surface area contributed by atoms with E-state index >= 15 is 0 Å². The summed E-state index contributed by atoms with van der Waals surface area (Å²) in [6.07, 6.45) is 3.39. The van der Waals surface area contributed by atoms with Crippen LogP contribution in [0.5, 0.6) is 0 Å². The van der Waals surface area contributed by atoms with E-state index in [1.807, 2.05) is 0 Å². The van der Waals surface area contributed by atoms with Crippen molar-refractivity contribution < 1.29 is 4.74 Å². The molecule has 0 saturated carbocycles. The highest BCUT2D eigenvalue weighted by Crippen LogP contribution is 2.21. The molecular weight excluding hydrogens is 262 g/mol. The highest BCUT2D eigenvalue weighted by molar-refractivity contribution is 5.14. The van der Waals surface area contributed by atoms with Crippen LogP contribution in [0.4, 0.5) is 0 Å². The molecule has 118 valence electrons. The maximum Gasteiger partial charge on any atom is 0.0587 e. The lowest BCUT2D eigenvalue weighted by atomic mass is 9.87. The van der Waals surface area contributed by atoms with Gasteiger partial charge in [0.1, 0.15) is 0 Å². The lowest BCUT2D eigenvalue weighted by molar-refractivity contribution is 0.125. The van der Waals surface area contributed by atoms with E-state index in [0.29, 0.717) is 6.54 Å². The van der Waals surface area contributed by atoms with Crippen molar-refractivity contribution >= 4 is 0 Å². The third-order valence-corrected chi connectivity index (χ3v) is 4.57. The Morgan fingerprint density at radius 2 is 1.95 bits per heavy atom. The number of methoxy groups -OCH3 is 1. The average molecular weight is 291 g/mol. The summed E-state index contributed by atoms with van der Waals surface area (Å²) in [5.41, 5.74) is 7.54. The summed E-state index contributed by atoms with van der Waals surface area (Å²) in [5, 5.41) is 3.60. The predicted octanol–water partition coefficient (Wildman–Crippen LogP) is 1.26. The van der Waals surface area contributed by atoms with Gasteiger partial charge in [0.05, 0.1) is 6.61 Å². The lowest BCUT2D eigenvalue weighted by Gasteiger charge is -2.42. The zero-order chi connectivity index (χ0) is 15.0. The molecule has 1 aromatic carbocycles. The van der Waals surface area contributed by atoms with Crippen molar-refractivity contribution in [3.05, 3.63) is 35.9 Å². The van der Waals surface area contributed by atoms with Crippen molar-refractivity contribution in [1.29, 1.82) is 0 Å². The van der Waals surface area contributed by atoms with Crippen LogP contribution in [-0.4, -0.2) is 56.9 Å². The molecule has 1 fully saturated rings. The van der Waals surface area contributed by atoms with Gasteiger partial charge in [-0.2, -0.15) is 0 Å². The third kappa shape index (κ3) is 5.08. The summed E-state index contributed by atoms with van der Waals surface area (Å²) in [6, 6.07) is 10.7. The molecule has 0 unspecified atom stereocenters. The summed E-state index contributed by atoms with van der Waals surface area (Å²) in [6.45, 7) is 5.75. The zero-order valence-electron chi connectivity index (χ0n) is 13.2. The zero-order valence-corrected chi connectivity index (χ0v) is 13.2. The van der Waals surface area contributed by atoms with E-state index in [9.17, 15) is 0 Å². The van der Waals surface area contributed by atoms with Crippen molar-refractivity contribution in [3.63, 3.8) is 0 Å². The topological polar surface area (TPSA) is 50.5 Å². The number of nitrogens with one attached hydrogen (secondary N) is 1. The quantitative estimate of drug-likeness (QED) is 0.708. The maximum atomic E-state index is 6.01. The molecule has 1 saturated heterocycles. The normalized spacial score (nSPS) is 18.8. The van der Waals surface area contributed by atoms with Gasteiger partial charge < -0.3 is 20.7 Å². The van der Waals surface area contributed by atoms with Crippen LogP contribution in [0.3, 0.4) is 0 Å². The molecular formula is C17H29N3O. The first-order valence-electron chi connectivity index (χ1n) is 7.98. The fourth-order valence-electron chi connectivity index (χ4n) is 3.01. The van der Waals surface area contributed by atoms with Gasteiger partial charge in [0, 0.05) is 32.3 Å². The fraction of sp³-hybridized carbons (Fsp3) is 0.647. The van der Waals surface area contributed by atoms with Gasteiger partial charge in [-0.15, -0.1) is 0 Å². The van der Waals surface area contributed by atoms with E-state index in [2.05, 4.69) is 40.5 Å². The van der Waals surface area contributed by atoms with E-state index in [1.54, 1.807) is 7.11 Å². The van der Waals surface area contributed by atoms with E-state index in [1.165, 1.54) is 5.56 Å². The van der Waals surface area contributed by atoms with E-state index in [-0.39, 0.29) is 5.54 Å². The number of benzene rings is 1.